The highest BCUT2D eigenvalue weighted by Crippen LogP contribution is 2.32. The van der Waals surface area contributed by atoms with Crippen LogP contribution in [0, 0.1) is 20.8 Å². The third-order valence-corrected chi connectivity index (χ3v) is 2.40. The monoisotopic (exact) mass is 180 g/mol. The molecule has 0 N–H and O–H groups in total. The smallest absolute Gasteiger partial charge is 0.125 e. The van der Waals surface area contributed by atoms with Gasteiger partial charge in [0.1, 0.15) is 11.5 Å². The Bertz CT molecular complexity index is 316. The second kappa shape index (κ2) is 3.69. The minimum absolute atomic E-state index is 0.927. The van der Waals surface area contributed by atoms with Gasteiger partial charge in [0.2, 0.25) is 0 Å². The van der Waals surface area contributed by atoms with Crippen molar-refractivity contribution in [1.29, 1.82) is 0 Å². The van der Waals surface area contributed by atoms with Crippen LogP contribution in [0.15, 0.2) is 6.07 Å². The van der Waals surface area contributed by atoms with E-state index in [1.165, 1.54) is 0 Å². The van der Waals surface area contributed by atoms with Crippen molar-refractivity contribution < 1.29 is 9.47 Å². The lowest BCUT2D eigenvalue weighted by atomic mass is 10.0. The lowest BCUT2D eigenvalue weighted by Gasteiger charge is -2.14. The van der Waals surface area contributed by atoms with Gasteiger partial charge >= 0.3 is 0 Å². The Morgan fingerprint density at radius 3 is 2.00 bits per heavy atom. The van der Waals surface area contributed by atoms with Gasteiger partial charge in [-0.1, -0.05) is 0 Å². The van der Waals surface area contributed by atoms with Crippen LogP contribution in [-0.2, 0) is 0 Å². The molecule has 0 saturated carbocycles. The van der Waals surface area contributed by atoms with Crippen molar-refractivity contribution in [3.05, 3.63) is 22.8 Å². The maximum Gasteiger partial charge on any atom is 0.125 e. The molecule has 0 amide bonds. The van der Waals surface area contributed by atoms with Gasteiger partial charge in [-0.05, 0) is 43.5 Å². The van der Waals surface area contributed by atoms with E-state index in [4.69, 9.17) is 9.47 Å². The van der Waals surface area contributed by atoms with Gasteiger partial charge in [-0.25, -0.2) is 0 Å². The van der Waals surface area contributed by atoms with Crippen LogP contribution in [0.5, 0.6) is 11.5 Å². The summed E-state index contributed by atoms with van der Waals surface area (Å²) in [5.74, 6) is 1.88. The molecule has 13 heavy (non-hydrogen) atoms. The van der Waals surface area contributed by atoms with Gasteiger partial charge in [0.25, 0.3) is 0 Å². The van der Waals surface area contributed by atoms with Crippen LogP contribution in [0.1, 0.15) is 16.7 Å². The number of benzene rings is 1. The number of hydrogen-bond acceptors (Lipinski definition) is 2. The molecule has 0 aliphatic carbocycles. The van der Waals surface area contributed by atoms with Crippen molar-refractivity contribution in [1.82, 2.24) is 0 Å². The average molecular weight is 180 g/mol. The molecule has 72 valence electrons. The molecule has 0 unspecified atom stereocenters. The van der Waals surface area contributed by atoms with E-state index in [9.17, 15) is 0 Å². The van der Waals surface area contributed by atoms with Gasteiger partial charge < -0.3 is 9.47 Å². The Morgan fingerprint density at radius 1 is 0.923 bits per heavy atom. The zero-order valence-electron chi connectivity index (χ0n) is 8.89. The van der Waals surface area contributed by atoms with E-state index >= 15 is 0 Å². The summed E-state index contributed by atoms with van der Waals surface area (Å²) in [5.41, 5.74) is 3.41. The lowest BCUT2D eigenvalue weighted by Crippen LogP contribution is -1.96. The number of methoxy groups -OCH3 is 2. The molecule has 0 aromatic heterocycles. The average Bonchev–Trinajstić information content (AvgIpc) is 2.12. The van der Waals surface area contributed by atoms with E-state index in [0.717, 1.165) is 28.2 Å². The van der Waals surface area contributed by atoms with Crippen molar-refractivity contribution in [2.24, 2.45) is 0 Å². The fraction of sp³-hybridized carbons (Fsp3) is 0.455. The highest BCUT2D eigenvalue weighted by Gasteiger charge is 2.10. The summed E-state index contributed by atoms with van der Waals surface area (Å²) >= 11 is 0. The standard InChI is InChI=1S/C11H16O2/c1-7-6-10(12-4)8(2)9(3)11(7)13-5/h6H,1-5H3. The van der Waals surface area contributed by atoms with Crippen LogP contribution < -0.4 is 9.47 Å². The van der Waals surface area contributed by atoms with Gasteiger partial charge in [0.15, 0.2) is 0 Å². The molecule has 2 heteroatoms. The molecule has 1 rings (SSSR count). The minimum atomic E-state index is 0.927. The van der Waals surface area contributed by atoms with E-state index in [0.29, 0.717) is 0 Å². The third-order valence-electron chi connectivity index (χ3n) is 2.40. The Hall–Kier alpha value is -1.18. The van der Waals surface area contributed by atoms with E-state index < -0.39 is 0 Å². The summed E-state index contributed by atoms with van der Waals surface area (Å²) in [6, 6.07) is 2.00. The van der Waals surface area contributed by atoms with Crippen LogP contribution in [-0.4, -0.2) is 14.2 Å². The second-order valence-electron chi connectivity index (χ2n) is 3.18. The molecule has 0 fully saturated rings. The molecule has 0 radical (unpaired) electrons. The number of aryl methyl sites for hydroxylation is 1. The maximum atomic E-state index is 5.30. The van der Waals surface area contributed by atoms with Crippen LogP contribution in [0.2, 0.25) is 0 Å². The van der Waals surface area contributed by atoms with Crippen molar-refractivity contribution >= 4 is 0 Å². The SMILES string of the molecule is COc1cc(C)c(OC)c(C)c1C. The Morgan fingerprint density at radius 2 is 1.54 bits per heavy atom. The fourth-order valence-electron chi connectivity index (χ4n) is 1.55. The molecule has 0 bridgehead atoms. The number of hydrogen-bond donors (Lipinski definition) is 0. The van der Waals surface area contributed by atoms with Crippen LogP contribution in [0.3, 0.4) is 0 Å². The zero-order chi connectivity index (χ0) is 10.0. The first-order chi connectivity index (χ1) is 6.11. The first-order valence-electron chi connectivity index (χ1n) is 4.30. The van der Waals surface area contributed by atoms with Crippen molar-refractivity contribution in [3.8, 4) is 11.5 Å². The third kappa shape index (κ3) is 1.62. The summed E-state index contributed by atoms with van der Waals surface area (Å²) in [4.78, 5) is 0. The van der Waals surface area contributed by atoms with Crippen LogP contribution in [0.25, 0.3) is 0 Å². The molecule has 0 aliphatic rings. The molecule has 0 heterocycles. The topological polar surface area (TPSA) is 18.5 Å². The lowest BCUT2D eigenvalue weighted by molar-refractivity contribution is 0.395. The molecule has 0 spiro atoms. The van der Waals surface area contributed by atoms with Gasteiger partial charge in [0, 0.05) is 0 Å². The number of ether oxygens (including phenoxy) is 2. The Balaban J connectivity index is 3.37. The van der Waals surface area contributed by atoms with Gasteiger partial charge in [0.05, 0.1) is 14.2 Å². The normalized spacial score (nSPS) is 9.92. The highest BCUT2D eigenvalue weighted by atomic mass is 16.5. The Kier molecular flexibility index (Phi) is 2.81. The molecule has 1 aromatic carbocycles. The maximum absolute atomic E-state index is 5.30. The highest BCUT2D eigenvalue weighted by molar-refractivity contribution is 5.51. The van der Waals surface area contributed by atoms with Crippen LogP contribution >= 0.6 is 0 Å². The summed E-state index contributed by atoms with van der Waals surface area (Å²) in [6.07, 6.45) is 0. The summed E-state index contributed by atoms with van der Waals surface area (Å²) < 4.78 is 10.6. The molecule has 2 nitrogen and oxygen atoms in total. The van der Waals surface area contributed by atoms with E-state index in [2.05, 4.69) is 0 Å². The van der Waals surface area contributed by atoms with E-state index in [-0.39, 0.29) is 0 Å². The molecule has 0 aliphatic heterocycles. The molecule has 0 saturated heterocycles. The van der Waals surface area contributed by atoms with Gasteiger partial charge in [-0.15, -0.1) is 0 Å². The zero-order valence-corrected chi connectivity index (χ0v) is 8.89. The molecule has 1 aromatic rings. The molecule has 0 atom stereocenters. The largest absolute Gasteiger partial charge is 0.496 e. The Labute approximate surface area is 79.5 Å². The summed E-state index contributed by atoms with van der Waals surface area (Å²) in [6.45, 7) is 6.10. The summed E-state index contributed by atoms with van der Waals surface area (Å²) in [5, 5.41) is 0. The first-order valence-corrected chi connectivity index (χ1v) is 4.30. The first kappa shape index (κ1) is 9.90. The fourth-order valence-corrected chi connectivity index (χ4v) is 1.55. The van der Waals surface area contributed by atoms with Gasteiger partial charge in [-0.2, -0.15) is 0 Å². The van der Waals surface area contributed by atoms with Crippen LogP contribution in [0.4, 0.5) is 0 Å². The number of rotatable bonds is 2. The predicted octanol–water partition coefficient (Wildman–Crippen LogP) is 2.63. The summed E-state index contributed by atoms with van der Waals surface area (Å²) in [7, 11) is 3.38. The minimum Gasteiger partial charge on any atom is -0.496 e. The molecular formula is C11H16O2. The predicted molar refractivity (Wildman–Crippen MR) is 53.8 cm³/mol. The quantitative estimate of drug-likeness (QED) is 0.696. The van der Waals surface area contributed by atoms with Crippen molar-refractivity contribution in [3.63, 3.8) is 0 Å². The van der Waals surface area contributed by atoms with E-state index in [1.54, 1.807) is 14.2 Å². The van der Waals surface area contributed by atoms with E-state index in [1.807, 2.05) is 26.8 Å². The second-order valence-corrected chi connectivity index (χ2v) is 3.18. The van der Waals surface area contributed by atoms with Crippen molar-refractivity contribution in [2.45, 2.75) is 20.8 Å². The van der Waals surface area contributed by atoms with Crippen molar-refractivity contribution in [2.75, 3.05) is 14.2 Å². The molecular weight excluding hydrogens is 164 g/mol. The van der Waals surface area contributed by atoms with Gasteiger partial charge in [-0.3, -0.25) is 0 Å².